The second kappa shape index (κ2) is 11.9. The van der Waals surface area contributed by atoms with Gasteiger partial charge in [0, 0.05) is 0 Å². The maximum atomic E-state index is 13.8. The highest BCUT2D eigenvalue weighted by molar-refractivity contribution is 5.90. The van der Waals surface area contributed by atoms with Gasteiger partial charge in [0.1, 0.15) is 5.82 Å². The molecule has 6 heteroatoms. The lowest BCUT2D eigenvalue weighted by Crippen LogP contribution is -2.14. The Morgan fingerprint density at radius 2 is 1.46 bits per heavy atom. The Morgan fingerprint density at radius 1 is 0.923 bits per heavy atom. The van der Waals surface area contributed by atoms with Crippen LogP contribution in [0.4, 0.5) is 17.6 Å². The number of benzene rings is 1. The van der Waals surface area contributed by atoms with Crippen LogP contribution in [-0.4, -0.2) is 12.6 Å². The molecule has 0 unspecified atom stereocenters. The van der Waals surface area contributed by atoms with Gasteiger partial charge in [-0.15, -0.1) is 0 Å². The highest BCUT2D eigenvalue weighted by Gasteiger charge is 2.35. The van der Waals surface area contributed by atoms with E-state index in [0.717, 1.165) is 31.4 Å². The van der Waals surface area contributed by atoms with Crippen LogP contribution in [0.1, 0.15) is 87.1 Å². The van der Waals surface area contributed by atoms with E-state index >= 15 is 0 Å². The van der Waals surface area contributed by atoms with Crippen LogP contribution in [0.3, 0.4) is 0 Å². The molecule has 0 heterocycles. The molecule has 1 rings (SSSR count). The van der Waals surface area contributed by atoms with Crippen LogP contribution in [0.5, 0.6) is 0 Å². The highest BCUT2D eigenvalue weighted by Crippen LogP contribution is 2.32. The Bertz CT molecular complexity index is 541. The number of carbonyl (C=O) groups is 1. The number of hydrogen-bond donors (Lipinski definition) is 0. The molecule has 2 nitrogen and oxygen atoms in total. The van der Waals surface area contributed by atoms with E-state index in [1.54, 1.807) is 0 Å². The van der Waals surface area contributed by atoms with Crippen molar-refractivity contribution in [1.29, 1.82) is 0 Å². The molecule has 148 valence electrons. The number of hydrogen-bond acceptors (Lipinski definition) is 2. The summed E-state index contributed by atoms with van der Waals surface area (Å²) in [4.78, 5) is 11.8. The third-order valence-corrected chi connectivity index (χ3v) is 4.26. The summed E-state index contributed by atoms with van der Waals surface area (Å²) in [5.41, 5.74) is -2.13. The molecule has 0 saturated carbocycles. The third kappa shape index (κ3) is 8.19. The number of esters is 1. The van der Waals surface area contributed by atoms with Crippen LogP contribution >= 0.6 is 0 Å². The predicted octanol–water partition coefficient (Wildman–Crippen LogP) is 6.92. The molecule has 0 saturated heterocycles. The van der Waals surface area contributed by atoms with Gasteiger partial charge in [-0.2, -0.15) is 13.2 Å². The zero-order valence-electron chi connectivity index (χ0n) is 15.3. The van der Waals surface area contributed by atoms with Gasteiger partial charge in [0.05, 0.1) is 17.7 Å². The summed E-state index contributed by atoms with van der Waals surface area (Å²) in [5.74, 6) is -2.63. The van der Waals surface area contributed by atoms with Gasteiger partial charge in [-0.25, -0.2) is 9.18 Å². The van der Waals surface area contributed by atoms with Crippen molar-refractivity contribution in [3.05, 3.63) is 35.1 Å². The first-order valence-electron chi connectivity index (χ1n) is 9.40. The fraction of sp³-hybridized carbons (Fsp3) is 0.650. The molecule has 0 aliphatic heterocycles. The maximum Gasteiger partial charge on any atom is 0.419 e. The third-order valence-electron chi connectivity index (χ3n) is 4.26. The van der Waals surface area contributed by atoms with E-state index in [9.17, 15) is 22.4 Å². The Morgan fingerprint density at radius 3 is 2.00 bits per heavy atom. The normalized spacial score (nSPS) is 11.6. The average molecular weight is 376 g/mol. The summed E-state index contributed by atoms with van der Waals surface area (Å²) in [5, 5.41) is 0. The molecule has 0 atom stereocenters. The van der Waals surface area contributed by atoms with Crippen molar-refractivity contribution < 1.29 is 27.1 Å². The van der Waals surface area contributed by atoms with Gasteiger partial charge in [-0.05, 0) is 18.6 Å². The zero-order chi connectivity index (χ0) is 19.4. The number of unbranched alkanes of at least 4 members (excludes halogenated alkanes) is 9. The lowest BCUT2D eigenvalue weighted by molar-refractivity contribution is -0.140. The molecule has 0 fully saturated rings. The molecule has 0 aliphatic carbocycles. The molecule has 0 amide bonds. The lowest BCUT2D eigenvalue weighted by atomic mass is 10.1. The first-order valence-corrected chi connectivity index (χ1v) is 9.40. The minimum absolute atomic E-state index is 0.0883. The zero-order valence-corrected chi connectivity index (χ0v) is 15.3. The van der Waals surface area contributed by atoms with Gasteiger partial charge < -0.3 is 4.74 Å². The van der Waals surface area contributed by atoms with Crippen molar-refractivity contribution in [3.63, 3.8) is 0 Å². The van der Waals surface area contributed by atoms with Crippen LogP contribution in [0.2, 0.25) is 0 Å². The quantitative estimate of drug-likeness (QED) is 0.225. The van der Waals surface area contributed by atoms with Crippen molar-refractivity contribution in [1.82, 2.24) is 0 Å². The summed E-state index contributed by atoms with van der Waals surface area (Å²) in [6.07, 6.45) is 6.36. The number of rotatable bonds is 12. The van der Waals surface area contributed by atoms with Crippen LogP contribution in [0.25, 0.3) is 0 Å². The molecule has 0 bridgehead atoms. The molecule has 0 aromatic heterocycles. The molecule has 1 aromatic carbocycles. The second-order valence-corrected chi connectivity index (χ2v) is 6.48. The number of alkyl halides is 3. The number of halogens is 4. The van der Waals surface area contributed by atoms with Crippen molar-refractivity contribution in [2.75, 3.05) is 6.61 Å². The molecule has 0 spiro atoms. The van der Waals surface area contributed by atoms with Gasteiger partial charge in [0.15, 0.2) is 0 Å². The Balaban J connectivity index is 2.22. The Kier molecular flexibility index (Phi) is 10.3. The standard InChI is InChI=1S/C20H28F4O2/c1-2-3-4-5-6-7-8-9-10-11-15-26-19(25)16-13-12-14-17(18(16)21)20(22,23)24/h12-14H,2-11,15H2,1H3. The number of ether oxygens (including phenoxy) is 1. The van der Waals surface area contributed by atoms with Gasteiger partial charge in [0.2, 0.25) is 0 Å². The van der Waals surface area contributed by atoms with E-state index < -0.39 is 29.1 Å². The minimum atomic E-state index is -4.84. The fourth-order valence-electron chi connectivity index (χ4n) is 2.74. The van der Waals surface area contributed by atoms with Gasteiger partial charge >= 0.3 is 12.1 Å². The van der Waals surface area contributed by atoms with Crippen molar-refractivity contribution in [2.24, 2.45) is 0 Å². The van der Waals surface area contributed by atoms with Crippen molar-refractivity contribution in [2.45, 2.75) is 77.3 Å². The second-order valence-electron chi connectivity index (χ2n) is 6.48. The molecular weight excluding hydrogens is 348 g/mol. The first kappa shape index (κ1) is 22.5. The summed E-state index contributed by atoms with van der Waals surface area (Å²) in [6.45, 7) is 2.28. The van der Waals surface area contributed by atoms with Crippen molar-refractivity contribution >= 4 is 5.97 Å². The van der Waals surface area contributed by atoms with Crippen LogP contribution in [0.15, 0.2) is 18.2 Å². The number of carbonyl (C=O) groups excluding carboxylic acids is 1. The molecule has 0 radical (unpaired) electrons. The largest absolute Gasteiger partial charge is 0.462 e. The lowest BCUT2D eigenvalue weighted by Gasteiger charge is -2.11. The first-order chi connectivity index (χ1) is 12.4. The minimum Gasteiger partial charge on any atom is -0.462 e. The summed E-state index contributed by atoms with van der Waals surface area (Å²) in [6, 6.07) is 2.61. The van der Waals surface area contributed by atoms with Crippen LogP contribution in [-0.2, 0) is 10.9 Å². The Labute approximate surface area is 152 Å². The van der Waals surface area contributed by atoms with E-state index in [0.29, 0.717) is 12.5 Å². The molecular formula is C20H28F4O2. The highest BCUT2D eigenvalue weighted by atomic mass is 19.4. The fourth-order valence-corrected chi connectivity index (χ4v) is 2.74. The van der Waals surface area contributed by atoms with Gasteiger partial charge in [-0.3, -0.25) is 0 Å². The van der Waals surface area contributed by atoms with E-state index in [1.807, 2.05) is 0 Å². The summed E-state index contributed by atoms with van der Waals surface area (Å²) < 4.78 is 56.6. The van der Waals surface area contributed by atoms with E-state index in [-0.39, 0.29) is 6.61 Å². The molecule has 0 N–H and O–H groups in total. The van der Waals surface area contributed by atoms with Gasteiger partial charge in [0.25, 0.3) is 0 Å². The molecule has 26 heavy (non-hydrogen) atoms. The van der Waals surface area contributed by atoms with Gasteiger partial charge in [-0.1, -0.05) is 70.8 Å². The molecule has 0 aliphatic rings. The topological polar surface area (TPSA) is 26.3 Å². The van der Waals surface area contributed by atoms with Crippen LogP contribution < -0.4 is 0 Å². The summed E-state index contributed by atoms with van der Waals surface area (Å²) >= 11 is 0. The molecule has 1 aromatic rings. The monoisotopic (exact) mass is 376 g/mol. The van der Waals surface area contributed by atoms with Crippen molar-refractivity contribution in [3.8, 4) is 0 Å². The van der Waals surface area contributed by atoms with E-state index in [2.05, 4.69) is 6.92 Å². The smallest absolute Gasteiger partial charge is 0.419 e. The Hall–Kier alpha value is -1.59. The van der Waals surface area contributed by atoms with E-state index in [1.165, 1.54) is 38.5 Å². The van der Waals surface area contributed by atoms with Crippen LogP contribution in [0, 0.1) is 5.82 Å². The average Bonchev–Trinajstić information content (AvgIpc) is 2.58. The van der Waals surface area contributed by atoms with E-state index in [4.69, 9.17) is 4.74 Å². The predicted molar refractivity (Wildman–Crippen MR) is 93.5 cm³/mol. The summed E-state index contributed by atoms with van der Waals surface area (Å²) in [7, 11) is 0. The SMILES string of the molecule is CCCCCCCCCCCCOC(=O)c1cccc(C(F)(F)F)c1F. The maximum absolute atomic E-state index is 13.8.